The fourth-order valence-corrected chi connectivity index (χ4v) is 1.98. The second-order valence-electron chi connectivity index (χ2n) is 4.18. The fourth-order valence-electron chi connectivity index (χ4n) is 1.98. The lowest BCUT2D eigenvalue weighted by Crippen LogP contribution is -1.96. The number of anilines is 2. The van der Waals surface area contributed by atoms with E-state index in [-0.39, 0.29) is 1.43 Å². The van der Waals surface area contributed by atoms with Crippen molar-refractivity contribution >= 4 is 22.5 Å². The Bertz CT molecular complexity index is 683. The van der Waals surface area contributed by atoms with Gasteiger partial charge >= 0.3 is 0 Å². The molecule has 2 heterocycles. The summed E-state index contributed by atoms with van der Waals surface area (Å²) in [7, 11) is 0. The van der Waals surface area contributed by atoms with E-state index in [9.17, 15) is 0 Å². The van der Waals surface area contributed by atoms with Crippen LogP contribution >= 0.6 is 0 Å². The summed E-state index contributed by atoms with van der Waals surface area (Å²) in [4.78, 5) is 8.81. The van der Waals surface area contributed by atoms with E-state index in [1.165, 1.54) is 10.9 Å². The van der Waals surface area contributed by atoms with Crippen LogP contribution in [0.5, 0.6) is 0 Å². The Morgan fingerprint density at radius 3 is 2.67 bits per heavy atom. The number of pyridine rings is 2. The quantitative estimate of drug-likeness (QED) is 0.733. The van der Waals surface area contributed by atoms with E-state index >= 15 is 0 Å². The van der Waals surface area contributed by atoms with Crippen LogP contribution in [-0.4, -0.2) is 9.97 Å². The van der Waals surface area contributed by atoms with Crippen molar-refractivity contribution in [2.75, 3.05) is 5.32 Å². The molecule has 0 saturated heterocycles. The third-order valence-electron chi connectivity index (χ3n) is 2.84. The smallest absolute Gasteiger partial charge is 0.132 e. The molecule has 0 aliphatic heterocycles. The number of hydrogen-bond acceptors (Lipinski definition) is 3. The Hall–Kier alpha value is -2.42. The van der Waals surface area contributed by atoms with E-state index in [0.717, 1.165) is 17.2 Å². The third kappa shape index (κ3) is 2.02. The van der Waals surface area contributed by atoms with Gasteiger partial charge in [0, 0.05) is 13.0 Å². The van der Waals surface area contributed by atoms with Gasteiger partial charge in [-0.15, -0.1) is 0 Å². The summed E-state index contributed by atoms with van der Waals surface area (Å²) in [6.07, 6.45) is 1.76. The number of aromatic nitrogens is 2. The first-order valence-electron chi connectivity index (χ1n) is 5.87. The van der Waals surface area contributed by atoms with Crippen molar-refractivity contribution in [3.63, 3.8) is 0 Å². The lowest BCUT2D eigenvalue weighted by atomic mass is 10.1. The molecule has 3 aromatic rings. The molecule has 3 rings (SSSR count). The number of fused-ring (bicyclic) bond motifs is 1. The number of aryl methyl sites for hydroxylation is 1. The number of para-hydroxylation sites is 1. The molecule has 1 aromatic carbocycles. The van der Waals surface area contributed by atoms with Crippen molar-refractivity contribution in [1.82, 2.24) is 9.97 Å². The molecule has 0 aliphatic carbocycles. The van der Waals surface area contributed by atoms with Crippen LogP contribution in [0.25, 0.3) is 10.9 Å². The van der Waals surface area contributed by atoms with E-state index < -0.39 is 0 Å². The molecule has 0 amide bonds. The van der Waals surface area contributed by atoms with Crippen LogP contribution in [0.3, 0.4) is 0 Å². The van der Waals surface area contributed by atoms with Crippen LogP contribution in [0.1, 0.15) is 6.99 Å². The highest BCUT2D eigenvalue weighted by Gasteiger charge is 2.02. The van der Waals surface area contributed by atoms with E-state index in [0.29, 0.717) is 0 Å². The molecule has 0 atom stereocenters. The summed E-state index contributed by atoms with van der Waals surface area (Å²) in [6.45, 7) is 2.09. The Kier molecular flexibility index (Phi) is 2.65. The highest BCUT2D eigenvalue weighted by molar-refractivity contribution is 5.84. The van der Waals surface area contributed by atoms with Crippen LogP contribution in [-0.2, 0) is 0 Å². The molecule has 18 heavy (non-hydrogen) atoms. The van der Waals surface area contributed by atoms with Gasteiger partial charge in [-0.25, -0.2) is 9.97 Å². The minimum absolute atomic E-state index is 0. The summed E-state index contributed by atoms with van der Waals surface area (Å²) in [5.41, 5.74) is 2.20. The van der Waals surface area contributed by atoms with Crippen LogP contribution in [0, 0.1) is 6.92 Å². The minimum Gasteiger partial charge on any atom is -0.325 e. The standard InChI is InChI=1S/C15H13N3.H2/c1-11-10-15(18-14-8-4-5-9-16-14)17-13-7-3-2-6-12(11)13;/h2-10H,1H3,(H,16,17,18);1H. The van der Waals surface area contributed by atoms with E-state index in [1.807, 2.05) is 42.5 Å². The number of hydrogen-bond donors (Lipinski definition) is 1. The normalized spacial score (nSPS) is 10.5. The second-order valence-corrected chi connectivity index (χ2v) is 4.18. The van der Waals surface area contributed by atoms with Gasteiger partial charge in [-0.05, 0) is 36.8 Å². The van der Waals surface area contributed by atoms with Crippen LogP contribution < -0.4 is 5.32 Å². The molecular formula is C15H15N3. The molecule has 0 radical (unpaired) electrons. The van der Waals surface area contributed by atoms with Crippen LogP contribution in [0.15, 0.2) is 54.7 Å². The number of nitrogens with zero attached hydrogens (tertiary/aromatic N) is 2. The van der Waals surface area contributed by atoms with Gasteiger partial charge in [0.15, 0.2) is 0 Å². The van der Waals surface area contributed by atoms with Crippen molar-refractivity contribution in [3.05, 3.63) is 60.3 Å². The third-order valence-corrected chi connectivity index (χ3v) is 2.84. The maximum absolute atomic E-state index is 4.58. The van der Waals surface area contributed by atoms with Crippen molar-refractivity contribution in [3.8, 4) is 0 Å². The molecule has 1 N–H and O–H groups in total. The van der Waals surface area contributed by atoms with Gasteiger partial charge < -0.3 is 5.32 Å². The van der Waals surface area contributed by atoms with E-state index in [1.54, 1.807) is 6.20 Å². The largest absolute Gasteiger partial charge is 0.325 e. The van der Waals surface area contributed by atoms with E-state index in [4.69, 9.17) is 0 Å². The summed E-state index contributed by atoms with van der Waals surface area (Å²) in [5.74, 6) is 1.63. The molecule has 0 spiro atoms. The first-order valence-corrected chi connectivity index (χ1v) is 5.87. The second kappa shape index (κ2) is 4.45. The minimum atomic E-state index is 0. The molecule has 0 fully saturated rings. The average Bonchev–Trinajstić information content (AvgIpc) is 2.40. The first kappa shape index (κ1) is 10.7. The first-order chi connectivity index (χ1) is 8.83. The van der Waals surface area contributed by atoms with Crippen molar-refractivity contribution < 1.29 is 1.43 Å². The maximum Gasteiger partial charge on any atom is 0.132 e. The van der Waals surface area contributed by atoms with Crippen molar-refractivity contribution in [2.24, 2.45) is 0 Å². The summed E-state index contributed by atoms with van der Waals surface area (Å²) < 4.78 is 0. The molecule has 3 heteroatoms. The Morgan fingerprint density at radius 1 is 1.00 bits per heavy atom. The summed E-state index contributed by atoms with van der Waals surface area (Å²) >= 11 is 0. The highest BCUT2D eigenvalue weighted by Crippen LogP contribution is 2.21. The van der Waals surface area contributed by atoms with Gasteiger partial charge in [0.05, 0.1) is 5.52 Å². The summed E-state index contributed by atoms with van der Waals surface area (Å²) in [6, 6.07) is 15.9. The molecule has 0 saturated carbocycles. The topological polar surface area (TPSA) is 37.8 Å². The molecule has 0 unspecified atom stereocenters. The van der Waals surface area contributed by atoms with Crippen LogP contribution in [0.2, 0.25) is 0 Å². The van der Waals surface area contributed by atoms with Crippen molar-refractivity contribution in [2.45, 2.75) is 6.92 Å². The fraction of sp³-hybridized carbons (Fsp3) is 0.0667. The molecule has 90 valence electrons. The Morgan fingerprint density at radius 2 is 1.83 bits per heavy atom. The zero-order valence-electron chi connectivity index (χ0n) is 10.1. The monoisotopic (exact) mass is 237 g/mol. The average molecular weight is 237 g/mol. The molecule has 3 nitrogen and oxygen atoms in total. The molecule has 2 aromatic heterocycles. The predicted octanol–water partition coefficient (Wildman–Crippen LogP) is 3.93. The highest BCUT2D eigenvalue weighted by atomic mass is 15.0. The van der Waals surface area contributed by atoms with Gasteiger partial charge in [0.1, 0.15) is 11.6 Å². The number of rotatable bonds is 2. The number of nitrogens with one attached hydrogen (secondary N) is 1. The van der Waals surface area contributed by atoms with Gasteiger partial charge in [-0.3, -0.25) is 0 Å². The van der Waals surface area contributed by atoms with Gasteiger partial charge in [-0.2, -0.15) is 0 Å². The lowest BCUT2D eigenvalue weighted by Gasteiger charge is -2.08. The van der Waals surface area contributed by atoms with Gasteiger partial charge in [0.25, 0.3) is 0 Å². The van der Waals surface area contributed by atoms with Gasteiger partial charge in [0.2, 0.25) is 0 Å². The van der Waals surface area contributed by atoms with E-state index in [2.05, 4.69) is 28.3 Å². The van der Waals surface area contributed by atoms with Crippen molar-refractivity contribution in [1.29, 1.82) is 0 Å². The molecule has 0 bridgehead atoms. The zero-order valence-corrected chi connectivity index (χ0v) is 10.1. The predicted molar refractivity (Wildman–Crippen MR) is 76.1 cm³/mol. The SMILES string of the molecule is Cc1cc(Nc2ccccn2)nc2ccccc12.[HH]. The Balaban J connectivity index is 0.00000133. The number of benzene rings is 1. The molecular weight excluding hydrogens is 222 g/mol. The zero-order chi connectivity index (χ0) is 12.4. The molecule has 0 aliphatic rings. The lowest BCUT2D eigenvalue weighted by molar-refractivity contribution is 1.27. The van der Waals surface area contributed by atoms with Gasteiger partial charge in [-0.1, -0.05) is 24.3 Å². The summed E-state index contributed by atoms with van der Waals surface area (Å²) in [5, 5.41) is 4.40. The van der Waals surface area contributed by atoms with Crippen LogP contribution in [0.4, 0.5) is 11.6 Å². The maximum atomic E-state index is 4.58. The Labute approximate surface area is 107 Å².